The quantitative estimate of drug-likeness (QED) is 0.769. The fourth-order valence-electron chi connectivity index (χ4n) is 1.64. The summed E-state index contributed by atoms with van der Waals surface area (Å²) in [5.41, 5.74) is -0.248. The highest BCUT2D eigenvalue weighted by atomic mass is 79.9. The van der Waals surface area contributed by atoms with E-state index in [9.17, 15) is 18.0 Å². The number of carbonyl (C=O) groups excluding carboxylic acids is 1. The predicted molar refractivity (Wildman–Crippen MR) is 78.2 cm³/mol. The van der Waals surface area contributed by atoms with Gasteiger partial charge in [-0.15, -0.1) is 0 Å². The normalized spacial score (nSPS) is 11.0. The van der Waals surface area contributed by atoms with E-state index in [1.165, 1.54) is 12.1 Å². The van der Waals surface area contributed by atoms with Gasteiger partial charge in [0.2, 0.25) is 0 Å². The molecule has 0 radical (unpaired) electrons. The van der Waals surface area contributed by atoms with E-state index in [0.717, 1.165) is 6.07 Å². The molecule has 3 nitrogen and oxygen atoms in total. The Labute approximate surface area is 127 Å². The van der Waals surface area contributed by atoms with Gasteiger partial charge in [-0.2, -0.15) is 13.2 Å². The van der Waals surface area contributed by atoms with E-state index in [-0.39, 0.29) is 10.2 Å². The van der Waals surface area contributed by atoms with Crippen molar-refractivity contribution in [2.75, 3.05) is 10.6 Å². The molecule has 0 saturated carbocycles. The summed E-state index contributed by atoms with van der Waals surface area (Å²) in [5, 5.41) is 4.88. The first kappa shape index (κ1) is 15.4. The van der Waals surface area contributed by atoms with Crippen LogP contribution in [0.1, 0.15) is 5.56 Å². The zero-order valence-corrected chi connectivity index (χ0v) is 12.1. The largest absolute Gasteiger partial charge is 0.417 e. The van der Waals surface area contributed by atoms with Crippen LogP contribution in [0.5, 0.6) is 0 Å². The Kier molecular flexibility index (Phi) is 4.52. The van der Waals surface area contributed by atoms with E-state index < -0.39 is 17.8 Å². The lowest BCUT2D eigenvalue weighted by atomic mass is 10.2. The van der Waals surface area contributed by atoms with Crippen LogP contribution in [-0.2, 0) is 6.18 Å². The average molecular weight is 359 g/mol. The van der Waals surface area contributed by atoms with E-state index in [0.29, 0.717) is 5.69 Å². The second-order valence-electron chi connectivity index (χ2n) is 4.14. The Morgan fingerprint density at radius 2 is 1.57 bits per heavy atom. The van der Waals surface area contributed by atoms with Crippen molar-refractivity contribution in [2.45, 2.75) is 6.18 Å². The van der Waals surface area contributed by atoms with Gasteiger partial charge in [-0.25, -0.2) is 4.79 Å². The van der Waals surface area contributed by atoms with Gasteiger partial charge in [0.15, 0.2) is 0 Å². The predicted octanol–water partition coefficient (Wildman–Crippen LogP) is 5.11. The van der Waals surface area contributed by atoms with Crippen molar-refractivity contribution in [3.63, 3.8) is 0 Å². The minimum absolute atomic E-state index is 0.0546. The monoisotopic (exact) mass is 358 g/mol. The van der Waals surface area contributed by atoms with Crippen molar-refractivity contribution in [1.82, 2.24) is 0 Å². The van der Waals surface area contributed by atoms with Crippen LogP contribution in [0, 0.1) is 0 Å². The Balaban J connectivity index is 2.11. The Morgan fingerprint density at radius 3 is 2.19 bits per heavy atom. The molecule has 0 bridgehead atoms. The van der Waals surface area contributed by atoms with Gasteiger partial charge in [0.25, 0.3) is 0 Å². The minimum atomic E-state index is -4.49. The molecule has 7 heteroatoms. The first-order valence-corrected chi connectivity index (χ1v) is 6.65. The van der Waals surface area contributed by atoms with Crippen molar-refractivity contribution in [2.24, 2.45) is 0 Å². The maximum absolute atomic E-state index is 12.8. The molecule has 0 aliphatic heterocycles. The molecular weight excluding hydrogens is 349 g/mol. The molecule has 0 unspecified atom stereocenters. The second kappa shape index (κ2) is 6.17. The lowest BCUT2D eigenvalue weighted by Gasteiger charge is -2.12. The Hall–Kier alpha value is -2.02. The highest BCUT2D eigenvalue weighted by Gasteiger charge is 2.33. The van der Waals surface area contributed by atoms with E-state index in [2.05, 4.69) is 26.6 Å². The molecule has 2 aromatic carbocycles. The topological polar surface area (TPSA) is 41.1 Å². The maximum atomic E-state index is 12.8. The molecule has 2 N–H and O–H groups in total. The van der Waals surface area contributed by atoms with Crippen molar-refractivity contribution in [3.05, 3.63) is 58.6 Å². The molecule has 2 aromatic rings. The third kappa shape index (κ3) is 4.22. The van der Waals surface area contributed by atoms with E-state index in [1.807, 2.05) is 0 Å². The molecule has 0 aliphatic carbocycles. The molecular formula is C14H10BrF3N2O. The van der Waals surface area contributed by atoms with Crippen molar-refractivity contribution >= 4 is 33.3 Å². The molecule has 110 valence electrons. The van der Waals surface area contributed by atoms with Gasteiger partial charge in [-0.05, 0) is 30.3 Å². The van der Waals surface area contributed by atoms with Crippen molar-refractivity contribution in [1.29, 1.82) is 0 Å². The third-order valence-electron chi connectivity index (χ3n) is 2.56. The number of anilines is 2. The van der Waals surface area contributed by atoms with Crippen LogP contribution in [0.15, 0.2) is 53.0 Å². The maximum Gasteiger partial charge on any atom is 0.417 e. The van der Waals surface area contributed by atoms with Crippen LogP contribution in [-0.4, -0.2) is 6.03 Å². The van der Waals surface area contributed by atoms with E-state index in [1.54, 1.807) is 30.3 Å². The summed E-state index contributed by atoms with van der Waals surface area (Å²) in [4.78, 5) is 11.7. The van der Waals surface area contributed by atoms with Gasteiger partial charge in [0.1, 0.15) is 0 Å². The first-order chi connectivity index (χ1) is 9.86. The smallest absolute Gasteiger partial charge is 0.308 e. The lowest BCUT2D eigenvalue weighted by molar-refractivity contribution is -0.138. The van der Waals surface area contributed by atoms with Crippen LogP contribution < -0.4 is 10.6 Å². The number of hydrogen-bond donors (Lipinski definition) is 2. The third-order valence-corrected chi connectivity index (χ3v) is 3.25. The molecule has 0 saturated heterocycles. The van der Waals surface area contributed by atoms with Crippen molar-refractivity contribution in [3.8, 4) is 0 Å². The SMILES string of the molecule is O=C(Nc1ccccc1)Nc1ccc(Br)c(C(F)(F)F)c1. The summed E-state index contributed by atoms with van der Waals surface area (Å²) in [6, 6.07) is 11.5. The molecule has 2 rings (SSSR count). The van der Waals surface area contributed by atoms with Crippen LogP contribution in [0.4, 0.5) is 29.3 Å². The summed E-state index contributed by atoms with van der Waals surface area (Å²) in [5.74, 6) is 0. The summed E-state index contributed by atoms with van der Waals surface area (Å²) in [6.07, 6.45) is -4.49. The summed E-state index contributed by atoms with van der Waals surface area (Å²) in [7, 11) is 0. The standard InChI is InChI=1S/C14H10BrF3N2O/c15-12-7-6-10(8-11(12)14(16,17)18)20-13(21)19-9-4-2-1-3-5-9/h1-8H,(H2,19,20,21). The number of benzene rings is 2. The number of nitrogens with one attached hydrogen (secondary N) is 2. The zero-order chi connectivity index (χ0) is 15.5. The molecule has 0 fully saturated rings. The molecule has 0 aliphatic rings. The molecule has 2 amide bonds. The zero-order valence-electron chi connectivity index (χ0n) is 10.5. The molecule has 0 atom stereocenters. The van der Waals surface area contributed by atoms with Crippen molar-refractivity contribution < 1.29 is 18.0 Å². The number of urea groups is 1. The van der Waals surface area contributed by atoms with Crippen LogP contribution in [0.2, 0.25) is 0 Å². The highest BCUT2D eigenvalue weighted by Crippen LogP contribution is 2.36. The Morgan fingerprint density at radius 1 is 0.952 bits per heavy atom. The number of para-hydroxylation sites is 1. The van der Waals surface area contributed by atoms with Crippen LogP contribution >= 0.6 is 15.9 Å². The number of amides is 2. The van der Waals surface area contributed by atoms with E-state index >= 15 is 0 Å². The summed E-state index contributed by atoms with van der Waals surface area (Å²) < 4.78 is 38.2. The average Bonchev–Trinajstić information content (AvgIpc) is 2.41. The number of hydrogen-bond acceptors (Lipinski definition) is 1. The first-order valence-electron chi connectivity index (χ1n) is 5.86. The number of carbonyl (C=O) groups is 1. The van der Waals surface area contributed by atoms with Crippen LogP contribution in [0.3, 0.4) is 0 Å². The summed E-state index contributed by atoms with van der Waals surface area (Å²) >= 11 is 2.84. The summed E-state index contributed by atoms with van der Waals surface area (Å²) in [6.45, 7) is 0. The lowest BCUT2D eigenvalue weighted by Crippen LogP contribution is -2.19. The van der Waals surface area contributed by atoms with Gasteiger partial charge < -0.3 is 10.6 Å². The highest BCUT2D eigenvalue weighted by molar-refractivity contribution is 9.10. The number of rotatable bonds is 2. The Bertz CT molecular complexity index is 644. The van der Waals surface area contributed by atoms with Gasteiger partial charge in [-0.3, -0.25) is 0 Å². The minimum Gasteiger partial charge on any atom is -0.308 e. The number of halogens is 4. The van der Waals surface area contributed by atoms with Gasteiger partial charge >= 0.3 is 12.2 Å². The van der Waals surface area contributed by atoms with Gasteiger partial charge in [0, 0.05) is 15.8 Å². The van der Waals surface area contributed by atoms with Gasteiger partial charge in [0.05, 0.1) is 5.56 Å². The molecule has 21 heavy (non-hydrogen) atoms. The molecule has 0 aromatic heterocycles. The fraction of sp³-hybridized carbons (Fsp3) is 0.0714. The van der Waals surface area contributed by atoms with E-state index in [4.69, 9.17) is 0 Å². The fourth-order valence-corrected chi connectivity index (χ4v) is 2.11. The molecule has 0 spiro atoms. The van der Waals surface area contributed by atoms with Crippen LogP contribution in [0.25, 0.3) is 0 Å². The second-order valence-corrected chi connectivity index (χ2v) is 4.99. The van der Waals surface area contributed by atoms with Gasteiger partial charge in [-0.1, -0.05) is 34.1 Å². The molecule has 0 heterocycles. The number of alkyl halides is 3.